The van der Waals surface area contributed by atoms with Gasteiger partial charge in [0.25, 0.3) is 0 Å². The Morgan fingerprint density at radius 3 is 2.38 bits per heavy atom. The Morgan fingerprint density at radius 1 is 1.19 bits per heavy atom. The van der Waals surface area contributed by atoms with Crippen LogP contribution in [0.1, 0.15) is 31.9 Å². The molecule has 0 fully saturated rings. The van der Waals surface area contributed by atoms with Crippen molar-refractivity contribution in [2.45, 2.75) is 32.4 Å². The molecule has 1 amide bonds. The number of anilines is 1. The normalized spacial score (nSPS) is 12.9. The van der Waals surface area contributed by atoms with Gasteiger partial charge in [-0.3, -0.25) is 10.1 Å². The lowest BCUT2D eigenvalue weighted by atomic mass is 10.1. The second-order valence-corrected chi connectivity index (χ2v) is 6.47. The van der Waals surface area contributed by atoms with E-state index in [9.17, 15) is 9.18 Å². The molecule has 0 saturated carbocycles. The number of carbonyl (C=O) groups is 1. The Kier molecular flexibility index (Phi) is 7.14. The van der Waals surface area contributed by atoms with Gasteiger partial charge in [-0.2, -0.15) is 5.26 Å². The SMILES string of the molecule is CC(NC(C)c1ccc(Cl)cc1)C(=O)N(CCC#N)c1ccc(F)cc1. The minimum atomic E-state index is -0.482. The first kappa shape index (κ1) is 19.9. The maximum absolute atomic E-state index is 13.2. The molecule has 0 radical (unpaired) electrons. The highest BCUT2D eigenvalue weighted by Crippen LogP contribution is 2.19. The van der Waals surface area contributed by atoms with Crippen LogP contribution >= 0.6 is 11.6 Å². The van der Waals surface area contributed by atoms with Gasteiger partial charge >= 0.3 is 0 Å². The molecule has 4 nitrogen and oxygen atoms in total. The lowest BCUT2D eigenvalue weighted by Gasteiger charge is -2.27. The molecule has 0 heterocycles. The average Bonchev–Trinajstić information content (AvgIpc) is 2.63. The molecule has 0 aliphatic heterocycles. The quantitative estimate of drug-likeness (QED) is 0.779. The van der Waals surface area contributed by atoms with Gasteiger partial charge in [-0.25, -0.2) is 4.39 Å². The second-order valence-electron chi connectivity index (χ2n) is 6.04. The summed E-state index contributed by atoms with van der Waals surface area (Å²) in [4.78, 5) is 14.4. The first-order valence-corrected chi connectivity index (χ1v) is 8.75. The van der Waals surface area contributed by atoms with Crippen molar-refractivity contribution in [3.63, 3.8) is 0 Å². The van der Waals surface area contributed by atoms with Gasteiger partial charge in [0.1, 0.15) is 5.82 Å². The van der Waals surface area contributed by atoms with Crippen LogP contribution < -0.4 is 10.2 Å². The molecule has 6 heteroatoms. The van der Waals surface area contributed by atoms with Crippen molar-refractivity contribution in [1.29, 1.82) is 5.26 Å². The molecule has 0 aliphatic carbocycles. The predicted molar refractivity (Wildman–Crippen MR) is 101 cm³/mol. The number of halogens is 2. The maximum atomic E-state index is 13.2. The van der Waals surface area contributed by atoms with Crippen molar-refractivity contribution < 1.29 is 9.18 Å². The average molecular weight is 374 g/mol. The van der Waals surface area contributed by atoms with Gasteiger partial charge in [0.2, 0.25) is 5.91 Å². The zero-order valence-corrected chi connectivity index (χ0v) is 15.5. The Morgan fingerprint density at radius 2 is 1.81 bits per heavy atom. The van der Waals surface area contributed by atoms with Crippen molar-refractivity contribution in [3.8, 4) is 6.07 Å². The molecule has 0 aliphatic rings. The molecule has 2 unspecified atom stereocenters. The summed E-state index contributed by atoms with van der Waals surface area (Å²) in [6.07, 6.45) is 0.197. The minimum Gasteiger partial charge on any atom is -0.310 e. The van der Waals surface area contributed by atoms with Crippen molar-refractivity contribution in [2.75, 3.05) is 11.4 Å². The van der Waals surface area contributed by atoms with Gasteiger partial charge < -0.3 is 4.90 Å². The topological polar surface area (TPSA) is 56.1 Å². The van der Waals surface area contributed by atoms with Crippen LogP contribution in [-0.2, 0) is 4.79 Å². The van der Waals surface area contributed by atoms with Crippen LogP contribution in [0.4, 0.5) is 10.1 Å². The third kappa shape index (κ3) is 5.29. The molecule has 0 saturated heterocycles. The Bertz CT molecular complexity index is 771. The number of nitrogens with one attached hydrogen (secondary N) is 1. The van der Waals surface area contributed by atoms with Crippen LogP contribution in [-0.4, -0.2) is 18.5 Å². The van der Waals surface area contributed by atoms with Crippen molar-refractivity contribution in [2.24, 2.45) is 0 Å². The molecule has 1 N–H and O–H groups in total. The van der Waals surface area contributed by atoms with Crippen LogP contribution in [0.2, 0.25) is 5.02 Å². The van der Waals surface area contributed by atoms with E-state index in [1.165, 1.54) is 17.0 Å². The number of hydrogen-bond donors (Lipinski definition) is 1. The lowest BCUT2D eigenvalue weighted by Crippen LogP contribution is -2.46. The first-order chi connectivity index (χ1) is 12.4. The molecule has 0 bridgehead atoms. The Hall–Kier alpha value is -2.42. The minimum absolute atomic E-state index is 0.0581. The monoisotopic (exact) mass is 373 g/mol. The van der Waals surface area contributed by atoms with E-state index >= 15 is 0 Å². The van der Waals surface area contributed by atoms with Gasteiger partial charge in [0.05, 0.1) is 18.5 Å². The van der Waals surface area contributed by atoms with E-state index in [2.05, 4.69) is 5.32 Å². The van der Waals surface area contributed by atoms with Crippen molar-refractivity contribution in [3.05, 3.63) is 64.9 Å². The Labute approximate surface area is 158 Å². The molecule has 26 heavy (non-hydrogen) atoms. The molecule has 2 aromatic carbocycles. The zero-order valence-electron chi connectivity index (χ0n) is 14.7. The largest absolute Gasteiger partial charge is 0.310 e. The van der Waals surface area contributed by atoms with Gasteiger partial charge in [-0.05, 0) is 55.8 Å². The number of rotatable bonds is 7. The standard InChI is InChI=1S/C20H21ClFN3O/c1-14(16-4-6-17(21)7-5-16)24-15(2)20(26)25(13-3-12-23)19-10-8-18(22)9-11-19/h4-11,14-15,24H,3,13H2,1-2H3. The van der Waals surface area contributed by atoms with Crippen LogP contribution in [0.3, 0.4) is 0 Å². The molecular weight excluding hydrogens is 353 g/mol. The third-order valence-electron chi connectivity index (χ3n) is 4.09. The van der Waals surface area contributed by atoms with Crippen molar-refractivity contribution in [1.82, 2.24) is 5.32 Å². The molecule has 136 valence electrons. The van der Waals surface area contributed by atoms with E-state index in [0.29, 0.717) is 10.7 Å². The summed E-state index contributed by atoms with van der Waals surface area (Å²) in [5.41, 5.74) is 1.58. The van der Waals surface area contributed by atoms with E-state index < -0.39 is 6.04 Å². The lowest BCUT2D eigenvalue weighted by molar-refractivity contribution is -0.120. The van der Waals surface area contributed by atoms with Gasteiger partial charge in [-0.15, -0.1) is 0 Å². The second kappa shape index (κ2) is 9.33. The fourth-order valence-corrected chi connectivity index (χ4v) is 2.80. The summed E-state index contributed by atoms with van der Waals surface area (Å²) in [6, 6.07) is 14.6. The molecule has 2 atom stereocenters. The summed E-state index contributed by atoms with van der Waals surface area (Å²) in [5.74, 6) is -0.545. The first-order valence-electron chi connectivity index (χ1n) is 8.37. The molecule has 2 rings (SSSR count). The predicted octanol–water partition coefficient (Wildman–Crippen LogP) is 4.47. The summed E-state index contributed by atoms with van der Waals surface area (Å²) >= 11 is 5.91. The fraction of sp³-hybridized carbons (Fsp3) is 0.300. The summed E-state index contributed by atoms with van der Waals surface area (Å²) in [7, 11) is 0. The van der Waals surface area contributed by atoms with E-state index in [4.69, 9.17) is 16.9 Å². The Balaban J connectivity index is 2.12. The van der Waals surface area contributed by atoms with E-state index in [0.717, 1.165) is 5.56 Å². The van der Waals surface area contributed by atoms with E-state index in [1.54, 1.807) is 31.2 Å². The van der Waals surface area contributed by atoms with E-state index in [1.807, 2.05) is 25.1 Å². The molecule has 0 aromatic heterocycles. The van der Waals surface area contributed by atoms with Crippen LogP contribution in [0.5, 0.6) is 0 Å². The summed E-state index contributed by atoms with van der Waals surface area (Å²) in [5, 5.41) is 12.8. The fourth-order valence-electron chi connectivity index (χ4n) is 2.68. The number of nitrogens with zero attached hydrogens (tertiary/aromatic N) is 2. The third-order valence-corrected chi connectivity index (χ3v) is 4.34. The highest BCUT2D eigenvalue weighted by molar-refractivity contribution is 6.30. The number of carbonyl (C=O) groups excluding carboxylic acids is 1. The molecular formula is C20H21ClFN3O. The zero-order chi connectivity index (χ0) is 19.1. The highest BCUT2D eigenvalue weighted by Gasteiger charge is 2.23. The number of amides is 1. The number of nitriles is 1. The van der Waals surface area contributed by atoms with Crippen molar-refractivity contribution >= 4 is 23.2 Å². The maximum Gasteiger partial charge on any atom is 0.243 e. The molecule has 0 spiro atoms. The van der Waals surface area contributed by atoms with Gasteiger partial charge in [0.15, 0.2) is 0 Å². The van der Waals surface area contributed by atoms with Gasteiger partial charge in [0, 0.05) is 23.3 Å². The number of hydrogen-bond acceptors (Lipinski definition) is 3. The highest BCUT2D eigenvalue weighted by atomic mass is 35.5. The summed E-state index contributed by atoms with van der Waals surface area (Å²) in [6.45, 7) is 3.99. The van der Waals surface area contributed by atoms with Crippen LogP contribution in [0.25, 0.3) is 0 Å². The molecule has 2 aromatic rings. The smallest absolute Gasteiger partial charge is 0.243 e. The number of benzene rings is 2. The van der Waals surface area contributed by atoms with E-state index in [-0.39, 0.29) is 30.7 Å². The van der Waals surface area contributed by atoms with Crippen LogP contribution in [0.15, 0.2) is 48.5 Å². The van der Waals surface area contributed by atoms with Gasteiger partial charge in [-0.1, -0.05) is 23.7 Å². The van der Waals surface area contributed by atoms with Crippen LogP contribution in [0, 0.1) is 17.1 Å². The summed E-state index contributed by atoms with van der Waals surface area (Å²) < 4.78 is 13.2.